The molecule has 1 heterocycles. The fraction of sp³-hybridized carbons (Fsp3) is 0.0476. The molecule has 0 aliphatic carbocycles. The SMILES string of the molecule is O=C(CSc1nc2ccccc2n1S(=O)(=O)c1cccc([N+](=O)[O-])c1)Nc1ccc(Br)cc1F. The minimum absolute atomic E-state index is 0.0147. The summed E-state index contributed by atoms with van der Waals surface area (Å²) in [4.78, 5) is 26.9. The highest BCUT2D eigenvalue weighted by Crippen LogP contribution is 2.30. The van der Waals surface area contributed by atoms with Crippen molar-refractivity contribution in [3.63, 3.8) is 0 Å². The molecule has 0 unspecified atom stereocenters. The van der Waals surface area contributed by atoms with Crippen molar-refractivity contribution in [1.82, 2.24) is 8.96 Å². The highest BCUT2D eigenvalue weighted by molar-refractivity contribution is 9.10. The van der Waals surface area contributed by atoms with Crippen LogP contribution in [0.15, 0.2) is 81.3 Å². The maximum absolute atomic E-state index is 14.0. The van der Waals surface area contributed by atoms with Crippen molar-refractivity contribution in [1.29, 1.82) is 0 Å². The fourth-order valence-electron chi connectivity index (χ4n) is 3.08. The highest BCUT2D eigenvalue weighted by atomic mass is 79.9. The minimum Gasteiger partial charge on any atom is -0.323 e. The monoisotopic (exact) mass is 564 g/mol. The first-order valence-corrected chi connectivity index (χ1v) is 12.7. The summed E-state index contributed by atoms with van der Waals surface area (Å²) in [7, 11) is -4.30. The number of rotatable bonds is 7. The molecular formula is C21H14BrFN4O5S2. The molecule has 13 heteroatoms. The van der Waals surface area contributed by atoms with Crippen molar-refractivity contribution in [2.75, 3.05) is 11.1 Å². The van der Waals surface area contributed by atoms with Crippen LogP contribution in [0.3, 0.4) is 0 Å². The number of hydrogen-bond donors (Lipinski definition) is 1. The summed E-state index contributed by atoms with van der Waals surface area (Å²) in [6.45, 7) is 0. The molecule has 1 amide bonds. The van der Waals surface area contributed by atoms with Crippen molar-refractivity contribution in [2.45, 2.75) is 10.1 Å². The van der Waals surface area contributed by atoms with Crippen LogP contribution >= 0.6 is 27.7 Å². The Balaban J connectivity index is 1.67. The number of aromatic nitrogens is 2. The number of hydrogen-bond acceptors (Lipinski definition) is 7. The van der Waals surface area contributed by atoms with E-state index in [0.717, 1.165) is 21.8 Å². The van der Waals surface area contributed by atoms with Gasteiger partial charge in [-0.3, -0.25) is 14.9 Å². The molecule has 9 nitrogen and oxygen atoms in total. The Morgan fingerprint density at radius 1 is 1.15 bits per heavy atom. The van der Waals surface area contributed by atoms with Gasteiger partial charge in [0.2, 0.25) is 5.91 Å². The van der Waals surface area contributed by atoms with Crippen LogP contribution in [-0.4, -0.2) is 34.0 Å². The number of halogens is 2. The molecule has 0 bridgehead atoms. The number of nitro groups is 1. The molecule has 0 saturated carbocycles. The Labute approximate surface area is 205 Å². The molecule has 3 aromatic carbocycles. The highest BCUT2D eigenvalue weighted by Gasteiger charge is 2.26. The van der Waals surface area contributed by atoms with Gasteiger partial charge in [0, 0.05) is 16.6 Å². The number of carbonyl (C=O) groups is 1. The summed E-state index contributed by atoms with van der Waals surface area (Å²) in [6.07, 6.45) is 0. The van der Waals surface area contributed by atoms with Crippen molar-refractivity contribution in [2.24, 2.45) is 0 Å². The van der Waals surface area contributed by atoms with Crippen molar-refractivity contribution < 1.29 is 22.5 Å². The van der Waals surface area contributed by atoms with Crippen molar-refractivity contribution in [3.8, 4) is 0 Å². The van der Waals surface area contributed by atoms with Gasteiger partial charge in [-0.05, 0) is 36.4 Å². The number of anilines is 1. The second-order valence-electron chi connectivity index (χ2n) is 6.87. The van der Waals surface area contributed by atoms with Crippen LogP contribution in [-0.2, 0) is 14.8 Å². The normalized spacial score (nSPS) is 11.5. The second kappa shape index (κ2) is 9.52. The lowest BCUT2D eigenvalue weighted by Gasteiger charge is -2.11. The molecule has 0 radical (unpaired) electrons. The Bertz CT molecular complexity index is 1540. The third-order valence-corrected chi connectivity index (χ3v) is 7.84. The summed E-state index contributed by atoms with van der Waals surface area (Å²) >= 11 is 3.97. The topological polar surface area (TPSA) is 124 Å². The number of non-ortho nitro benzene ring substituents is 1. The Morgan fingerprint density at radius 2 is 1.91 bits per heavy atom. The molecule has 0 spiro atoms. The number of nitro benzene ring substituents is 1. The number of thioether (sulfide) groups is 1. The number of amides is 1. The number of para-hydroxylation sites is 2. The minimum atomic E-state index is -4.30. The predicted octanol–water partition coefficient (Wildman–Crippen LogP) is 4.81. The van der Waals surface area contributed by atoms with Crippen LogP contribution in [0.4, 0.5) is 15.8 Å². The Hall–Kier alpha value is -3.29. The van der Waals surface area contributed by atoms with Crippen LogP contribution in [0, 0.1) is 15.9 Å². The zero-order valence-corrected chi connectivity index (χ0v) is 20.2. The van der Waals surface area contributed by atoms with Gasteiger partial charge in [0.25, 0.3) is 15.7 Å². The van der Waals surface area contributed by atoms with Gasteiger partial charge in [-0.15, -0.1) is 0 Å². The van der Waals surface area contributed by atoms with Crippen LogP contribution in [0.1, 0.15) is 0 Å². The van der Waals surface area contributed by atoms with Crippen LogP contribution in [0.2, 0.25) is 0 Å². The van der Waals surface area contributed by atoms with Gasteiger partial charge in [0.15, 0.2) is 5.16 Å². The smallest absolute Gasteiger partial charge is 0.270 e. The third-order valence-electron chi connectivity index (χ3n) is 4.59. The van der Waals surface area contributed by atoms with E-state index >= 15 is 0 Å². The predicted molar refractivity (Wildman–Crippen MR) is 129 cm³/mol. The summed E-state index contributed by atoms with van der Waals surface area (Å²) in [6, 6.07) is 15.3. The van der Waals surface area contributed by atoms with E-state index in [0.29, 0.717) is 9.99 Å². The second-order valence-corrected chi connectivity index (χ2v) is 10.5. The number of benzene rings is 3. The number of imidazole rings is 1. The average Bonchev–Trinajstić information content (AvgIpc) is 3.19. The van der Waals surface area contributed by atoms with E-state index in [9.17, 15) is 27.7 Å². The zero-order valence-electron chi connectivity index (χ0n) is 17.0. The van der Waals surface area contributed by atoms with Crippen LogP contribution in [0.5, 0.6) is 0 Å². The van der Waals surface area contributed by atoms with E-state index in [4.69, 9.17) is 0 Å². The van der Waals surface area contributed by atoms with Gasteiger partial charge >= 0.3 is 0 Å². The molecule has 1 N–H and O–H groups in total. The first-order chi connectivity index (χ1) is 16.2. The summed E-state index contributed by atoms with van der Waals surface area (Å²) in [5, 5.41) is 13.5. The van der Waals surface area contributed by atoms with E-state index < -0.39 is 26.7 Å². The number of nitrogens with zero attached hydrogens (tertiary/aromatic N) is 3. The molecule has 0 aliphatic rings. The number of fused-ring (bicyclic) bond motifs is 1. The Morgan fingerprint density at radius 3 is 2.65 bits per heavy atom. The van der Waals surface area contributed by atoms with E-state index in [1.54, 1.807) is 30.3 Å². The lowest BCUT2D eigenvalue weighted by Crippen LogP contribution is -2.17. The quantitative estimate of drug-likeness (QED) is 0.194. The van der Waals surface area contributed by atoms with Gasteiger partial charge in [0.05, 0.1) is 32.3 Å². The first kappa shape index (κ1) is 23.9. The first-order valence-electron chi connectivity index (χ1n) is 9.52. The average molecular weight is 565 g/mol. The largest absolute Gasteiger partial charge is 0.323 e. The molecular weight excluding hydrogens is 551 g/mol. The molecule has 0 saturated heterocycles. The van der Waals surface area contributed by atoms with Gasteiger partial charge in [0.1, 0.15) is 5.82 Å². The lowest BCUT2D eigenvalue weighted by molar-refractivity contribution is -0.385. The molecule has 174 valence electrons. The maximum atomic E-state index is 14.0. The van der Waals surface area contributed by atoms with Gasteiger partial charge in [-0.1, -0.05) is 45.9 Å². The molecule has 0 fully saturated rings. The molecule has 0 atom stereocenters. The van der Waals surface area contributed by atoms with Gasteiger partial charge < -0.3 is 5.32 Å². The van der Waals surface area contributed by atoms with Gasteiger partial charge in [-0.2, -0.15) is 0 Å². The number of carbonyl (C=O) groups excluding carboxylic acids is 1. The third kappa shape index (κ3) is 4.81. The Kier molecular flexibility index (Phi) is 6.68. The summed E-state index contributed by atoms with van der Waals surface area (Å²) in [5.74, 6) is -1.46. The lowest BCUT2D eigenvalue weighted by atomic mass is 10.3. The molecule has 1 aromatic heterocycles. The van der Waals surface area contributed by atoms with E-state index in [1.165, 1.54) is 30.3 Å². The standard InChI is InChI=1S/C21H14BrFN4O5S2/c22-13-8-9-17(16(23)10-13)24-20(28)12-33-21-25-18-6-1-2-7-19(18)26(21)34(31,32)15-5-3-4-14(11-15)27(29)30/h1-11H,12H2,(H,24,28). The number of nitrogens with one attached hydrogen (secondary N) is 1. The molecule has 0 aliphatic heterocycles. The summed E-state index contributed by atoms with van der Waals surface area (Å²) in [5.41, 5.74) is 0.205. The summed E-state index contributed by atoms with van der Waals surface area (Å²) < 4.78 is 42.4. The molecule has 4 aromatic rings. The molecule has 34 heavy (non-hydrogen) atoms. The van der Waals surface area contributed by atoms with Gasteiger partial charge in [-0.25, -0.2) is 21.8 Å². The van der Waals surface area contributed by atoms with E-state index in [-0.39, 0.29) is 32.7 Å². The van der Waals surface area contributed by atoms with E-state index in [1.807, 2.05) is 0 Å². The van der Waals surface area contributed by atoms with Crippen molar-refractivity contribution in [3.05, 3.63) is 87.1 Å². The maximum Gasteiger partial charge on any atom is 0.270 e. The zero-order chi connectivity index (χ0) is 24.5. The van der Waals surface area contributed by atoms with Crippen LogP contribution < -0.4 is 5.32 Å². The fourth-order valence-corrected chi connectivity index (χ4v) is 5.96. The van der Waals surface area contributed by atoms with Crippen molar-refractivity contribution >= 4 is 66.0 Å². The van der Waals surface area contributed by atoms with Crippen LogP contribution in [0.25, 0.3) is 11.0 Å². The molecule has 4 rings (SSSR count). The van der Waals surface area contributed by atoms with E-state index in [2.05, 4.69) is 26.2 Å².